The molecular weight excluding hydrogens is 269 g/mol. The lowest BCUT2D eigenvalue weighted by Crippen LogP contribution is -2.26. The number of rotatable bonds is 0. The SMILES string of the molecule is [C-]#[N+]C1=C(C(F)(F)F)C(F)C(C(F)(F)F)=C1C#N. The first-order chi connectivity index (χ1) is 8.05. The predicted octanol–water partition coefficient (Wildman–Crippen LogP) is 3.46. The lowest BCUT2D eigenvalue weighted by Gasteiger charge is -2.16. The van der Waals surface area contributed by atoms with Crippen LogP contribution in [-0.4, -0.2) is 18.5 Å². The van der Waals surface area contributed by atoms with Crippen molar-refractivity contribution < 1.29 is 30.7 Å². The Hall–Kier alpha value is -2.03. The Morgan fingerprint density at radius 2 is 1.50 bits per heavy atom. The molecule has 1 aliphatic rings. The van der Waals surface area contributed by atoms with E-state index in [-0.39, 0.29) is 0 Å². The van der Waals surface area contributed by atoms with Gasteiger partial charge in [0.25, 0.3) is 0 Å². The molecule has 0 fully saturated rings. The van der Waals surface area contributed by atoms with Gasteiger partial charge in [0.15, 0.2) is 6.17 Å². The van der Waals surface area contributed by atoms with E-state index in [0.29, 0.717) is 0 Å². The van der Waals surface area contributed by atoms with Gasteiger partial charge in [0.2, 0.25) is 5.70 Å². The number of hydrogen-bond donors (Lipinski definition) is 0. The summed E-state index contributed by atoms with van der Waals surface area (Å²) in [5.41, 5.74) is -7.80. The topological polar surface area (TPSA) is 28.1 Å². The maximum atomic E-state index is 13.3. The fourth-order valence-electron chi connectivity index (χ4n) is 1.45. The maximum Gasteiger partial charge on any atom is 0.415 e. The standard InChI is InChI=1S/C9HF7N2/c1-18-7-3(2-17)4(8(11,12)13)6(10)5(7)9(14,15)16/h6H. The summed E-state index contributed by atoms with van der Waals surface area (Å²) in [6, 6.07) is 0.802. The third kappa shape index (κ3) is 2.04. The van der Waals surface area contributed by atoms with E-state index in [4.69, 9.17) is 11.8 Å². The Bertz CT molecular complexity index is 473. The highest BCUT2D eigenvalue weighted by Gasteiger charge is 2.55. The van der Waals surface area contributed by atoms with E-state index in [1.165, 1.54) is 0 Å². The molecule has 9 heteroatoms. The molecule has 0 aromatic carbocycles. The molecule has 2 nitrogen and oxygen atoms in total. The Morgan fingerprint density at radius 1 is 1.06 bits per heavy atom. The number of nitrogens with zero attached hydrogens (tertiary/aromatic N) is 2. The number of hydrogen-bond acceptors (Lipinski definition) is 1. The molecular formula is C9HF7N2. The van der Waals surface area contributed by atoms with Crippen LogP contribution in [0.2, 0.25) is 0 Å². The van der Waals surface area contributed by atoms with Crippen molar-refractivity contribution in [2.24, 2.45) is 0 Å². The Labute approximate surface area is 95.4 Å². The van der Waals surface area contributed by atoms with Crippen LogP contribution >= 0.6 is 0 Å². The van der Waals surface area contributed by atoms with E-state index in [1.807, 2.05) is 0 Å². The van der Waals surface area contributed by atoms with Crippen LogP contribution in [0.5, 0.6) is 0 Å². The molecule has 0 N–H and O–H groups in total. The minimum Gasteiger partial charge on any atom is -0.238 e. The maximum absolute atomic E-state index is 13.3. The fraction of sp³-hybridized carbons (Fsp3) is 0.333. The van der Waals surface area contributed by atoms with Crippen LogP contribution in [0, 0.1) is 17.9 Å². The first kappa shape index (κ1) is 14.0. The van der Waals surface area contributed by atoms with Gasteiger partial charge >= 0.3 is 12.4 Å². The van der Waals surface area contributed by atoms with Gasteiger partial charge in [0.05, 0.1) is 29.4 Å². The second-order valence-corrected chi connectivity index (χ2v) is 3.13. The summed E-state index contributed by atoms with van der Waals surface area (Å²) in [5.74, 6) is 0. The highest BCUT2D eigenvalue weighted by atomic mass is 19.4. The number of alkyl halides is 7. The zero-order valence-corrected chi connectivity index (χ0v) is 8.12. The number of allylic oxidation sites excluding steroid dienone is 3. The number of nitriles is 1. The minimum absolute atomic E-state index is 0.802. The summed E-state index contributed by atoms with van der Waals surface area (Å²) in [4.78, 5) is 2.19. The van der Waals surface area contributed by atoms with Crippen LogP contribution in [-0.2, 0) is 0 Å². The van der Waals surface area contributed by atoms with Crippen molar-refractivity contribution >= 4 is 0 Å². The van der Waals surface area contributed by atoms with E-state index in [9.17, 15) is 30.7 Å². The average Bonchev–Trinajstić information content (AvgIpc) is 2.48. The molecule has 0 spiro atoms. The van der Waals surface area contributed by atoms with Crippen LogP contribution in [0.4, 0.5) is 30.7 Å². The Morgan fingerprint density at radius 3 is 1.78 bits per heavy atom. The van der Waals surface area contributed by atoms with Crippen molar-refractivity contribution in [3.63, 3.8) is 0 Å². The Kier molecular flexibility index (Phi) is 3.13. The van der Waals surface area contributed by atoms with Gasteiger partial charge in [-0.25, -0.2) is 9.24 Å². The highest BCUT2D eigenvalue weighted by Crippen LogP contribution is 2.48. The number of halogens is 7. The van der Waals surface area contributed by atoms with Crippen LogP contribution in [0.1, 0.15) is 0 Å². The average molecular weight is 270 g/mol. The van der Waals surface area contributed by atoms with Gasteiger partial charge in [-0.3, -0.25) is 0 Å². The van der Waals surface area contributed by atoms with Gasteiger partial charge < -0.3 is 0 Å². The van der Waals surface area contributed by atoms with Crippen molar-refractivity contribution in [1.29, 1.82) is 5.26 Å². The molecule has 0 radical (unpaired) electrons. The molecule has 0 heterocycles. The lowest BCUT2D eigenvalue weighted by atomic mass is 10.1. The summed E-state index contributed by atoms with van der Waals surface area (Å²) in [7, 11) is 0. The van der Waals surface area contributed by atoms with Crippen LogP contribution < -0.4 is 0 Å². The molecule has 18 heavy (non-hydrogen) atoms. The molecule has 0 aliphatic heterocycles. The molecule has 0 saturated carbocycles. The second kappa shape index (κ2) is 4.02. The van der Waals surface area contributed by atoms with Gasteiger partial charge in [-0.15, -0.1) is 0 Å². The third-order valence-corrected chi connectivity index (χ3v) is 2.10. The summed E-state index contributed by atoms with van der Waals surface area (Å²) in [6.45, 7) is 6.38. The van der Waals surface area contributed by atoms with E-state index in [1.54, 1.807) is 0 Å². The predicted molar refractivity (Wildman–Crippen MR) is 43.3 cm³/mol. The van der Waals surface area contributed by atoms with E-state index in [0.717, 1.165) is 6.07 Å². The van der Waals surface area contributed by atoms with Crippen molar-refractivity contribution in [1.82, 2.24) is 0 Å². The summed E-state index contributed by atoms with van der Waals surface area (Å²) in [5, 5.41) is 8.38. The molecule has 1 unspecified atom stereocenters. The first-order valence-corrected chi connectivity index (χ1v) is 4.10. The van der Waals surface area contributed by atoms with Crippen LogP contribution in [0.3, 0.4) is 0 Å². The van der Waals surface area contributed by atoms with Crippen molar-refractivity contribution in [2.75, 3.05) is 0 Å². The molecule has 0 saturated heterocycles. The zero-order valence-electron chi connectivity index (χ0n) is 8.12. The molecule has 1 aliphatic carbocycles. The Balaban J connectivity index is 3.59. The second-order valence-electron chi connectivity index (χ2n) is 3.13. The van der Waals surface area contributed by atoms with E-state index in [2.05, 4.69) is 4.85 Å². The highest BCUT2D eigenvalue weighted by molar-refractivity contribution is 5.62. The fourth-order valence-corrected chi connectivity index (χ4v) is 1.45. The van der Waals surface area contributed by atoms with Gasteiger partial charge in [-0.2, -0.15) is 31.6 Å². The van der Waals surface area contributed by atoms with Gasteiger partial charge in [-0.1, -0.05) is 0 Å². The molecule has 1 atom stereocenters. The molecule has 96 valence electrons. The summed E-state index contributed by atoms with van der Waals surface area (Å²) >= 11 is 0. The van der Waals surface area contributed by atoms with E-state index < -0.39 is 40.9 Å². The van der Waals surface area contributed by atoms with Gasteiger partial charge in [0.1, 0.15) is 0 Å². The third-order valence-electron chi connectivity index (χ3n) is 2.10. The monoisotopic (exact) mass is 270 g/mol. The molecule has 0 aromatic heterocycles. The van der Waals surface area contributed by atoms with Crippen molar-refractivity contribution in [2.45, 2.75) is 18.5 Å². The first-order valence-electron chi connectivity index (χ1n) is 4.10. The normalized spacial score (nSPS) is 21.1. The van der Waals surface area contributed by atoms with Crippen LogP contribution in [0.15, 0.2) is 22.4 Å². The zero-order chi connectivity index (χ0) is 14.3. The molecule has 0 amide bonds. The van der Waals surface area contributed by atoms with Crippen molar-refractivity contribution in [3.05, 3.63) is 33.8 Å². The summed E-state index contributed by atoms with van der Waals surface area (Å²) in [6.07, 6.45) is -14.5. The largest absolute Gasteiger partial charge is 0.415 e. The smallest absolute Gasteiger partial charge is 0.238 e. The summed E-state index contributed by atoms with van der Waals surface area (Å²) < 4.78 is 87.5. The molecule has 0 aromatic rings. The van der Waals surface area contributed by atoms with Crippen molar-refractivity contribution in [3.8, 4) is 6.07 Å². The van der Waals surface area contributed by atoms with Crippen LogP contribution in [0.25, 0.3) is 4.85 Å². The quantitative estimate of drug-likeness (QED) is 0.489. The van der Waals surface area contributed by atoms with Gasteiger partial charge in [-0.05, 0) is 0 Å². The molecule has 0 bridgehead atoms. The van der Waals surface area contributed by atoms with Gasteiger partial charge in [0, 0.05) is 0 Å². The lowest BCUT2D eigenvalue weighted by molar-refractivity contribution is -0.113. The van der Waals surface area contributed by atoms with E-state index >= 15 is 0 Å². The molecule has 1 rings (SSSR count). The minimum atomic E-state index is -5.45.